The number of nitrogens with zero attached hydrogens (tertiary/aromatic N) is 3. The molecule has 298 valence electrons. The molecule has 13 heteroatoms. The maximum atomic E-state index is 12.1. The molecule has 4 aromatic rings. The van der Waals surface area contributed by atoms with Crippen LogP contribution in [0, 0.1) is 17.8 Å². The molecule has 5 heterocycles. The molecule has 2 N–H and O–H groups in total. The van der Waals surface area contributed by atoms with Crippen LogP contribution in [0.4, 0.5) is 16.3 Å². The lowest BCUT2D eigenvalue weighted by atomic mass is 9.78. The Balaban J connectivity index is 0.000000287. The molecule has 12 nitrogen and oxygen atoms in total. The predicted molar refractivity (Wildman–Crippen MR) is 216 cm³/mol. The number of ether oxygens (including phenoxy) is 5. The summed E-state index contributed by atoms with van der Waals surface area (Å²) in [6.45, 7) is 19.3. The fourth-order valence-corrected chi connectivity index (χ4v) is 5.85. The van der Waals surface area contributed by atoms with Gasteiger partial charge in [0.15, 0.2) is 5.82 Å². The molecule has 0 bridgehead atoms. The molecule has 0 unspecified atom stereocenters. The van der Waals surface area contributed by atoms with Crippen molar-refractivity contribution in [3.05, 3.63) is 65.5 Å². The molecule has 0 atom stereocenters. The Morgan fingerprint density at radius 2 is 1.63 bits per heavy atom. The Bertz CT molecular complexity index is 1690. The first-order valence-electron chi connectivity index (χ1n) is 18.7. The number of nitrogens with one attached hydrogen (secondary N) is 2. The molecule has 0 radical (unpaired) electrons. The summed E-state index contributed by atoms with van der Waals surface area (Å²) in [5.41, 5.74) is 2.28. The van der Waals surface area contributed by atoms with Gasteiger partial charge in [-0.15, -0.1) is 0 Å². The molecule has 7 rings (SSSR count). The van der Waals surface area contributed by atoms with Crippen molar-refractivity contribution in [1.82, 2.24) is 15.0 Å². The first kappa shape index (κ1) is 44.5. The first-order valence-corrected chi connectivity index (χ1v) is 19.1. The fourth-order valence-electron chi connectivity index (χ4n) is 5.63. The Morgan fingerprint density at radius 1 is 0.944 bits per heavy atom. The lowest BCUT2D eigenvalue weighted by molar-refractivity contribution is -0.0892. The average Bonchev–Trinajstić information content (AvgIpc) is 3.79. The average molecular weight is 770 g/mol. The van der Waals surface area contributed by atoms with Gasteiger partial charge < -0.3 is 38.4 Å². The number of rotatable bonds is 7. The Kier molecular flexibility index (Phi) is 18.5. The number of carbonyl (C=O) groups is 1. The largest absolute Gasteiger partial charge is 0.494 e. The van der Waals surface area contributed by atoms with E-state index in [-0.39, 0.29) is 0 Å². The summed E-state index contributed by atoms with van der Waals surface area (Å²) in [4.78, 5) is 19.0. The summed E-state index contributed by atoms with van der Waals surface area (Å²) in [6.07, 6.45) is 6.62. The molecule has 2 aromatic carbocycles. The molecule has 3 fully saturated rings. The number of hydrogen-bond acceptors (Lipinski definition) is 10. The zero-order valence-electron chi connectivity index (χ0n) is 33.6. The molecular weight excluding hydrogens is 710 g/mol. The number of aromatic nitrogens is 2. The zero-order chi connectivity index (χ0) is 39.6. The minimum atomic E-state index is -0.491. The molecule has 0 aliphatic carbocycles. The minimum absolute atomic E-state index is 0.309. The first-order chi connectivity index (χ1) is 25.9. The second kappa shape index (κ2) is 22.4. The number of likely N-dealkylation sites (tertiary alicyclic amines) is 1. The number of piperidine rings is 1. The van der Waals surface area contributed by atoms with Crippen molar-refractivity contribution in [3.8, 4) is 17.2 Å². The summed E-state index contributed by atoms with van der Waals surface area (Å²) in [7, 11) is 5.46. The third kappa shape index (κ3) is 14.4. The van der Waals surface area contributed by atoms with Crippen molar-refractivity contribution in [2.24, 2.45) is 10.8 Å². The van der Waals surface area contributed by atoms with E-state index in [9.17, 15) is 4.79 Å². The number of benzene rings is 2. The molecule has 3 aliphatic heterocycles. The van der Waals surface area contributed by atoms with E-state index in [1.54, 1.807) is 57.7 Å². The molecule has 54 heavy (non-hydrogen) atoms. The van der Waals surface area contributed by atoms with Gasteiger partial charge in [0, 0.05) is 56.0 Å². The van der Waals surface area contributed by atoms with Crippen molar-refractivity contribution >= 4 is 40.0 Å². The van der Waals surface area contributed by atoms with E-state index in [0.29, 0.717) is 51.2 Å². The summed E-state index contributed by atoms with van der Waals surface area (Å²) in [5, 5.41) is 10.1. The van der Waals surface area contributed by atoms with Gasteiger partial charge in [0.05, 0.1) is 42.7 Å². The number of fused-ring (bicyclic) bond motifs is 1. The summed E-state index contributed by atoms with van der Waals surface area (Å²) in [5.74, 6) is 2.82. The second-order valence-electron chi connectivity index (χ2n) is 14.2. The maximum absolute atomic E-state index is 12.1. The van der Waals surface area contributed by atoms with Gasteiger partial charge in [0.25, 0.3) is 0 Å². The van der Waals surface area contributed by atoms with E-state index in [1.165, 1.54) is 32.4 Å². The van der Waals surface area contributed by atoms with Crippen LogP contribution in [0.15, 0.2) is 59.3 Å². The second-order valence-corrected chi connectivity index (χ2v) is 14.6. The molecule has 3 aliphatic rings. The number of carbonyl (C=O) groups excluding carboxylic acids is 1. The topological polar surface area (TPSA) is 129 Å². The van der Waals surface area contributed by atoms with Crippen molar-refractivity contribution in [3.63, 3.8) is 0 Å². The van der Waals surface area contributed by atoms with Crippen molar-refractivity contribution in [1.29, 1.82) is 0 Å². The van der Waals surface area contributed by atoms with Gasteiger partial charge in [-0.3, -0.25) is 10.3 Å². The number of halogens is 1. The van der Waals surface area contributed by atoms with Gasteiger partial charge in [-0.25, -0.2) is 4.79 Å². The highest BCUT2D eigenvalue weighted by molar-refractivity contribution is 6.34. The van der Waals surface area contributed by atoms with E-state index in [0.717, 1.165) is 49.5 Å². The van der Waals surface area contributed by atoms with E-state index < -0.39 is 6.03 Å². The third-order valence-electron chi connectivity index (χ3n) is 8.65. The van der Waals surface area contributed by atoms with Crippen molar-refractivity contribution in [2.75, 3.05) is 78.0 Å². The molecule has 1 spiro atoms. The van der Waals surface area contributed by atoms with Crippen molar-refractivity contribution < 1.29 is 33.0 Å². The van der Waals surface area contributed by atoms with Gasteiger partial charge in [-0.2, -0.15) is 0 Å². The van der Waals surface area contributed by atoms with Crippen LogP contribution in [0.2, 0.25) is 5.02 Å². The SMILES string of the molecule is CC.CC1(C)COC1.CCCOc1ccc2c(Oc3ccc(NC(=O)Nc4cc(C)on4)c(Cl)c3)ccnc2c1.CN1CCC2(CCOC2)CC1.COC. The molecule has 2 aromatic heterocycles. The molecule has 0 saturated carbocycles. The quantitative estimate of drug-likeness (QED) is 0.187. The summed E-state index contributed by atoms with van der Waals surface area (Å²) in [6, 6.07) is 13.6. The fraction of sp³-hybridized carbons (Fsp3) is 0.537. The van der Waals surface area contributed by atoms with Gasteiger partial charge in [0.1, 0.15) is 23.0 Å². The lowest BCUT2D eigenvalue weighted by Gasteiger charge is -2.36. The summed E-state index contributed by atoms with van der Waals surface area (Å²) < 4.78 is 31.3. The Morgan fingerprint density at radius 3 is 2.19 bits per heavy atom. The maximum Gasteiger partial charge on any atom is 0.324 e. The normalized spacial score (nSPS) is 16.4. The number of anilines is 2. The van der Waals surface area contributed by atoms with Crippen LogP contribution < -0.4 is 20.1 Å². The van der Waals surface area contributed by atoms with Gasteiger partial charge >= 0.3 is 6.03 Å². The van der Waals surface area contributed by atoms with Crippen LogP contribution in [0.25, 0.3) is 10.9 Å². The van der Waals surface area contributed by atoms with Crippen LogP contribution in [0.3, 0.4) is 0 Å². The van der Waals surface area contributed by atoms with Gasteiger partial charge in [-0.05, 0) is 88.5 Å². The number of hydrogen-bond donors (Lipinski definition) is 2. The standard InChI is InChI=1S/C23H21ClN4O4.C9H17NO.C5H10O.C2H6O.C2H6/c1-3-10-30-15-4-6-17-20(13-15)25-9-8-21(17)31-16-5-7-19(18(24)12-16)26-23(29)27-22-11-14(2)32-28-22;1-10-5-2-9(3-6-10)4-7-11-8-9;1-5(2)3-6-4-5;1-3-2;1-2/h4-9,11-13H,3,10H2,1-2H3,(H2,26,27,28,29);2-8H2,1H3;3-4H2,1-2H3;1-2H3;1-2H3. The third-order valence-corrected chi connectivity index (χ3v) is 8.96. The molecular formula is C41H60ClN5O7. The monoisotopic (exact) mass is 769 g/mol. The summed E-state index contributed by atoms with van der Waals surface area (Å²) >= 11 is 6.35. The predicted octanol–water partition coefficient (Wildman–Crippen LogP) is 9.86. The number of methoxy groups -OCH3 is 1. The smallest absolute Gasteiger partial charge is 0.324 e. The van der Waals surface area contributed by atoms with Gasteiger partial charge in [0.2, 0.25) is 0 Å². The Hall–Kier alpha value is -3.94. The number of amides is 2. The van der Waals surface area contributed by atoms with Gasteiger partial charge in [-0.1, -0.05) is 51.4 Å². The molecule has 2 amide bonds. The highest BCUT2D eigenvalue weighted by atomic mass is 35.5. The highest BCUT2D eigenvalue weighted by Crippen LogP contribution is 2.38. The lowest BCUT2D eigenvalue weighted by Crippen LogP contribution is -2.38. The van der Waals surface area contributed by atoms with Crippen LogP contribution in [-0.4, -0.2) is 88.5 Å². The van der Waals surface area contributed by atoms with E-state index in [4.69, 9.17) is 35.1 Å². The zero-order valence-corrected chi connectivity index (χ0v) is 34.3. The highest BCUT2D eigenvalue weighted by Gasteiger charge is 2.37. The van der Waals surface area contributed by atoms with Crippen LogP contribution in [-0.2, 0) is 14.2 Å². The van der Waals surface area contributed by atoms with Crippen molar-refractivity contribution in [2.45, 2.75) is 67.2 Å². The molecule has 3 saturated heterocycles. The van der Waals surface area contributed by atoms with E-state index in [2.05, 4.69) is 58.2 Å². The minimum Gasteiger partial charge on any atom is -0.494 e. The number of pyridine rings is 1. The van der Waals surface area contributed by atoms with Crippen LogP contribution >= 0.6 is 11.6 Å². The van der Waals surface area contributed by atoms with Crippen LogP contribution in [0.5, 0.6) is 17.2 Å². The van der Waals surface area contributed by atoms with E-state index in [1.807, 2.05) is 32.0 Å². The number of aryl methyl sites for hydroxylation is 1. The van der Waals surface area contributed by atoms with E-state index >= 15 is 0 Å². The Labute approximate surface area is 326 Å². The van der Waals surface area contributed by atoms with Crippen LogP contribution in [0.1, 0.15) is 66.1 Å². The number of urea groups is 1.